The molecule has 0 saturated heterocycles. The van der Waals surface area contributed by atoms with E-state index in [2.05, 4.69) is 15.3 Å². The molecule has 0 radical (unpaired) electrons. The van der Waals surface area contributed by atoms with Crippen molar-refractivity contribution in [2.45, 2.75) is 0 Å². The number of nitrogens with one attached hydrogen (secondary N) is 2. The van der Waals surface area contributed by atoms with Crippen LogP contribution in [0.5, 0.6) is 0 Å². The molecule has 0 bridgehead atoms. The average Bonchev–Trinajstić information content (AvgIpc) is 3.13. The molecule has 4 aromatic rings. The summed E-state index contributed by atoms with van der Waals surface area (Å²) in [4.78, 5) is 32.5. The first-order valence-electron chi connectivity index (χ1n) is 8.16. The van der Waals surface area contributed by atoms with Crippen molar-refractivity contribution >= 4 is 28.4 Å². The van der Waals surface area contributed by atoms with E-state index in [4.69, 9.17) is 0 Å². The molecule has 0 saturated carbocycles. The number of H-pyrrole nitrogens is 1. The van der Waals surface area contributed by atoms with Crippen molar-refractivity contribution in [3.05, 3.63) is 95.8 Å². The summed E-state index contributed by atoms with van der Waals surface area (Å²) in [6, 6.07) is 21.4. The molecule has 0 unspecified atom stereocenters. The first-order chi connectivity index (χ1) is 12.7. The second-order valence-electron chi connectivity index (χ2n) is 5.82. The van der Waals surface area contributed by atoms with Gasteiger partial charge >= 0.3 is 0 Å². The number of anilines is 1. The first-order valence-corrected chi connectivity index (χ1v) is 8.16. The van der Waals surface area contributed by atoms with Crippen molar-refractivity contribution < 1.29 is 9.59 Å². The molecule has 2 heterocycles. The van der Waals surface area contributed by atoms with Crippen LogP contribution < -0.4 is 5.32 Å². The van der Waals surface area contributed by atoms with Gasteiger partial charge in [-0.3, -0.25) is 9.59 Å². The number of aromatic amines is 1. The Morgan fingerprint density at radius 1 is 0.885 bits per heavy atom. The molecule has 0 fully saturated rings. The molecule has 0 spiro atoms. The number of aromatic nitrogens is 2. The van der Waals surface area contributed by atoms with Crippen LogP contribution in [-0.2, 0) is 0 Å². The Morgan fingerprint density at radius 3 is 2.46 bits per heavy atom. The van der Waals surface area contributed by atoms with Crippen LogP contribution >= 0.6 is 0 Å². The topological polar surface area (TPSA) is 74.8 Å². The second-order valence-corrected chi connectivity index (χ2v) is 5.82. The van der Waals surface area contributed by atoms with Gasteiger partial charge in [-0.2, -0.15) is 0 Å². The highest BCUT2D eigenvalue weighted by Gasteiger charge is 2.16. The van der Waals surface area contributed by atoms with Crippen molar-refractivity contribution in [3.8, 4) is 0 Å². The summed E-state index contributed by atoms with van der Waals surface area (Å²) in [6.07, 6.45) is 1.66. The van der Waals surface area contributed by atoms with Gasteiger partial charge in [0, 0.05) is 22.7 Å². The number of ketones is 1. The van der Waals surface area contributed by atoms with E-state index in [1.54, 1.807) is 48.7 Å². The number of hydrogen-bond donors (Lipinski definition) is 2. The number of rotatable bonds is 4. The zero-order valence-corrected chi connectivity index (χ0v) is 13.8. The van der Waals surface area contributed by atoms with E-state index < -0.39 is 0 Å². The third-order valence-electron chi connectivity index (χ3n) is 4.09. The van der Waals surface area contributed by atoms with Crippen LogP contribution in [0.2, 0.25) is 0 Å². The van der Waals surface area contributed by atoms with Crippen molar-refractivity contribution in [1.29, 1.82) is 0 Å². The summed E-state index contributed by atoms with van der Waals surface area (Å²) in [5.41, 5.74) is 2.52. The maximum Gasteiger partial charge on any atom is 0.272 e. The van der Waals surface area contributed by atoms with Gasteiger partial charge in [-0.15, -0.1) is 0 Å². The zero-order valence-electron chi connectivity index (χ0n) is 13.8. The minimum absolute atomic E-state index is 0.139. The van der Waals surface area contributed by atoms with Gasteiger partial charge in [0.2, 0.25) is 0 Å². The van der Waals surface area contributed by atoms with E-state index in [-0.39, 0.29) is 11.7 Å². The monoisotopic (exact) mass is 341 g/mol. The zero-order chi connectivity index (χ0) is 17.9. The minimum Gasteiger partial charge on any atom is -0.335 e. The molecule has 5 nitrogen and oxygen atoms in total. The van der Waals surface area contributed by atoms with Crippen molar-refractivity contribution in [2.24, 2.45) is 0 Å². The highest BCUT2D eigenvalue weighted by atomic mass is 16.2. The molecule has 2 N–H and O–H groups in total. The molecule has 0 aliphatic carbocycles. The van der Waals surface area contributed by atoms with E-state index in [9.17, 15) is 9.59 Å². The van der Waals surface area contributed by atoms with Crippen LogP contribution in [-0.4, -0.2) is 21.7 Å². The molecule has 4 rings (SSSR count). The van der Waals surface area contributed by atoms with Gasteiger partial charge in [0.1, 0.15) is 11.3 Å². The van der Waals surface area contributed by atoms with Gasteiger partial charge in [-0.05, 0) is 30.3 Å². The van der Waals surface area contributed by atoms with E-state index in [0.29, 0.717) is 28.2 Å². The summed E-state index contributed by atoms with van der Waals surface area (Å²) in [5.74, 6) is -0.462. The molecule has 0 aliphatic heterocycles. The van der Waals surface area contributed by atoms with Gasteiger partial charge in [-0.25, -0.2) is 4.98 Å². The summed E-state index contributed by atoms with van der Waals surface area (Å²) in [7, 11) is 0. The van der Waals surface area contributed by atoms with Crippen LogP contribution in [0.4, 0.5) is 5.69 Å². The van der Waals surface area contributed by atoms with Crippen molar-refractivity contribution in [3.63, 3.8) is 0 Å². The third-order valence-corrected chi connectivity index (χ3v) is 4.09. The lowest BCUT2D eigenvalue weighted by atomic mass is 10.0. The van der Waals surface area contributed by atoms with Gasteiger partial charge < -0.3 is 10.3 Å². The Bertz CT molecular complexity index is 1070. The molecular weight excluding hydrogens is 326 g/mol. The standard InChI is InChI=1S/C21H15N3O2/c25-19(14-7-2-1-3-8-14)16-10-4-5-11-17(16)24-21(26)18-13-15-9-6-12-22-20(15)23-18/h1-13H,(H,22,23)(H,24,26). The van der Waals surface area contributed by atoms with Gasteiger partial charge in [0.05, 0.1) is 5.69 Å². The number of carbonyl (C=O) groups excluding carboxylic acids is 2. The molecule has 2 aromatic heterocycles. The number of para-hydroxylation sites is 1. The fourth-order valence-electron chi connectivity index (χ4n) is 2.80. The third kappa shape index (κ3) is 2.98. The molecule has 0 aliphatic rings. The number of fused-ring (bicyclic) bond motifs is 1. The Labute approximate surface area is 149 Å². The normalized spacial score (nSPS) is 10.6. The highest BCUT2D eigenvalue weighted by Crippen LogP contribution is 2.21. The van der Waals surface area contributed by atoms with E-state index >= 15 is 0 Å². The number of carbonyl (C=O) groups is 2. The van der Waals surface area contributed by atoms with Crippen LogP contribution in [0.3, 0.4) is 0 Å². The Morgan fingerprint density at radius 2 is 1.65 bits per heavy atom. The molecule has 26 heavy (non-hydrogen) atoms. The Balaban J connectivity index is 1.64. The molecule has 0 atom stereocenters. The summed E-state index contributed by atoms with van der Waals surface area (Å²) in [6.45, 7) is 0. The number of amides is 1. The van der Waals surface area contributed by atoms with Gasteiger partial charge in [0.25, 0.3) is 5.91 Å². The smallest absolute Gasteiger partial charge is 0.272 e. The van der Waals surface area contributed by atoms with E-state index in [1.165, 1.54) is 0 Å². The second kappa shape index (κ2) is 6.64. The highest BCUT2D eigenvalue weighted by molar-refractivity contribution is 6.15. The summed E-state index contributed by atoms with van der Waals surface area (Å²) < 4.78 is 0. The lowest BCUT2D eigenvalue weighted by Gasteiger charge is -2.10. The Kier molecular flexibility index (Phi) is 4.03. The summed E-state index contributed by atoms with van der Waals surface area (Å²) in [5, 5.41) is 3.67. The van der Waals surface area contributed by atoms with Gasteiger partial charge in [-0.1, -0.05) is 42.5 Å². The Hall–Kier alpha value is -3.73. The fraction of sp³-hybridized carbons (Fsp3) is 0. The summed E-state index contributed by atoms with van der Waals surface area (Å²) >= 11 is 0. The van der Waals surface area contributed by atoms with Crippen molar-refractivity contribution in [2.75, 3.05) is 5.32 Å². The SMILES string of the molecule is O=C(Nc1ccccc1C(=O)c1ccccc1)c1cc2cccnc2[nH]1. The lowest BCUT2D eigenvalue weighted by Crippen LogP contribution is -2.15. The number of nitrogens with zero attached hydrogens (tertiary/aromatic N) is 1. The molecule has 126 valence electrons. The molecule has 5 heteroatoms. The lowest BCUT2D eigenvalue weighted by molar-refractivity contribution is 0.102. The minimum atomic E-state index is -0.323. The van der Waals surface area contributed by atoms with Crippen LogP contribution in [0.15, 0.2) is 79.0 Å². The fourth-order valence-corrected chi connectivity index (χ4v) is 2.80. The van der Waals surface area contributed by atoms with Crippen LogP contribution in [0.25, 0.3) is 11.0 Å². The quantitative estimate of drug-likeness (QED) is 0.550. The largest absolute Gasteiger partial charge is 0.335 e. The van der Waals surface area contributed by atoms with E-state index in [0.717, 1.165) is 5.39 Å². The maximum atomic E-state index is 12.8. The first kappa shape index (κ1) is 15.8. The number of benzene rings is 2. The molecular formula is C21H15N3O2. The van der Waals surface area contributed by atoms with Gasteiger partial charge in [0.15, 0.2) is 5.78 Å². The number of pyridine rings is 1. The average molecular weight is 341 g/mol. The number of hydrogen-bond acceptors (Lipinski definition) is 3. The molecule has 2 aromatic carbocycles. The van der Waals surface area contributed by atoms with Crippen molar-refractivity contribution in [1.82, 2.24) is 9.97 Å². The van der Waals surface area contributed by atoms with E-state index in [1.807, 2.05) is 30.3 Å². The predicted octanol–water partition coefficient (Wildman–Crippen LogP) is 4.05. The maximum absolute atomic E-state index is 12.8. The van der Waals surface area contributed by atoms with Crippen LogP contribution in [0, 0.1) is 0 Å². The van der Waals surface area contributed by atoms with Crippen LogP contribution in [0.1, 0.15) is 26.4 Å². The molecule has 1 amide bonds. The predicted molar refractivity (Wildman–Crippen MR) is 100 cm³/mol.